The molecule has 2 N–H and O–H groups in total. The van der Waals surface area contributed by atoms with Gasteiger partial charge >= 0.3 is 0 Å². The van der Waals surface area contributed by atoms with Crippen LogP contribution in [0.5, 0.6) is 5.75 Å². The SMILES string of the molecule is CS(=O)(=O)c1ccc(NCCNC(=O)CCCOc2ccc(F)cc2F)c([N+](=O)[O-])c1. The van der Waals surface area contributed by atoms with E-state index in [1.165, 1.54) is 12.1 Å². The zero-order valence-electron chi connectivity index (χ0n) is 16.6. The smallest absolute Gasteiger partial charge is 0.293 e. The lowest BCUT2D eigenvalue weighted by Gasteiger charge is -2.10. The number of rotatable bonds is 11. The lowest BCUT2D eigenvalue weighted by molar-refractivity contribution is -0.384. The van der Waals surface area contributed by atoms with Gasteiger partial charge in [0.1, 0.15) is 11.5 Å². The first kappa shape index (κ1) is 24.0. The predicted molar refractivity (Wildman–Crippen MR) is 109 cm³/mol. The number of amides is 1. The van der Waals surface area contributed by atoms with Gasteiger partial charge in [0.15, 0.2) is 21.4 Å². The number of nitrogens with one attached hydrogen (secondary N) is 2. The highest BCUT2D eigenvalue weighted by Gasteiger charge is 2.18. The fourth-order valence-corrected chi connectivity index (χ4v) is 3.18. The highest BCUT2D eigenvalue weighted by molar-refractivity contribution is 7.90. The van der Waals surface area contributed by atoms with E-state index in [1.54, 1.807) is 0 Å². The number of hydrogen-bond donors (Lipinski definition) is 2. The number of hydrogen-bond acceptors (Lipinski definition) is 7. The Labute approximate surface area is 177 Å². The van der Waals surface area contributed by atoms with Gasteiger partial charge in [-0.2, -0.15) is 0 Å². The fraction of sp³-hybridized carbons (Fsp3) is 0.316. The zero-order chi connectivity index (χ0) is 23.0. The molecule has 0 saturated heterocycles. The first-order valence-electron chi connectivity index (χ1n) is 9.15. The molecule has 0 spiro atoms. The number of halogens is 2. The van der Waals surface area contributed by atoms with E-state index in [1.807, 2.05) is 0 Å². The van der Waals surface area contributed by atoms with Gasteiger partial charge in [-0.25, -0.2) is 17.2 Å². The molecule has 31 heavy (non-hydrogen) atoms. The molecule has 0 aliphatic heterocycles. The van der Waals surface area contributed by atoms with Gasteiger partial charge in [-0.3, -0.25) is 14.9 Å². The molecule has 0 saturated carbocycles. The summed E-state index contributed by atoms with van der Waals surface area (Å²) in [4.78, 5) is 22.1. The molecular formula is C19H21F2N3O6S. The van der Waals surface area contributed by atoms with Crippen molar-refractivity contribution in [2.24, 2.45) is 0 Å². The second-order valence-corrected chi connectivity index (χ2v) is 8.53. The predicted octanol–water partition coefficient (Wildman–Crippen LogP) is 2.66. The third-order valence-electron chi connectivity index (χ3n) is 4.06. The summed E-state index contributed by atoms with van der Waals surface area (Å²) in [5.74, 6) is -1.94. The Morgan fingerprint density at radius 2 is 1.90 bits per heavy atom. The van der Waals surface area contributed by atoms with Gasteiger partial charge < -0.3 is 15.4 Å². The summed E-state index contributed by atoms with van der Waals surface area (Å²) in [5.41, 5.74) is -0.263. The number of nitro benzene ring substituents is 1. The molecule has 0 aliphatic rings. The molecule has 0 fully saturated rings. The number of benzene rings is 2. The van der Waals surface area contributed by atoms with Crippen molar-refractivity contribution < 1.29 is 31.7 Å². The number of carbonyl (C=O) groups is 1. The van der Waals surface area contributed by atoms with E-state index in [2.05, 4.69) is 10.6 Å². The summed E-state index contributed by atoms with van der Waals surface area (Å²) in [6.45, 7) is 0.395. The molecule has 2 aromatic rings. The second kappa shape index (κ2) is 10.7. The molecule has 0 atom stereocenters. The van der Waals surface area contributed by atoms with Crippen LogP contribution >= 0.6 is 0 Å². The van der Waals surface area contributed by atoms with Crippen molar-refractivity contribution in [3.63, 3.8) is 0 Å². The van der Waals surface area contributed by atoms with Crippen molar-refractivity contribution in [3.05, 3.63) is 58.1 Å². The first-order valence-corrected chi connectivity index (χ1v) is 11.0. The number of nitrogens with zero attached hydrogens (tertiary/aromatic N) is 1. The van der Waals surface area contributed by atoms with Crippen LogP contribution in [0.2, 0.25) is 0 Å². The molecule has 1 amide bonds. The van der Waals surface area contributed by atoms with E-state index in [0.29, 0.717) is 12.5 Å². The van der Waals surface area contributed by atoms with E-state index < -0.39 is 26.4 Å². The van der Waals surface area contributed by atoms with Gasteiger partial charge in [0.05, 0.1) is 16.4 Å². The van der Waals surface area contributed by atoms with Crippen LogP contribution < -0.4 is 15.4 Å². The average Bonchev–Trinajstić information content (AvgIpc) is 2.69. The molecule has 168 valence electrons. The fourth-order valence-electron chi connectivity index (χ4n) is 2.54. The van der Waals surface area contributed by atoms with Crippen LogP contribution in [0.4, 0.5) is 20.2 Å². The summed E-state index contributed by atoms with van der Waals surface area (Å²) in [6.07, 6.45) is 1.36. The summed E-state index contributed by atoms with van der Waals surface area (Å²) in [7, 11) is -3.58. The number of nitro groups is 1. The van der Waals surface area contributed by atoms with Gasteiger partial charge in [-0.1, -0.05) is 0 Å². The molecule has 0 radical (unpaired) electrons. The lowest BCUT2D eigenvalue weighted by atomic mass is 10.2. The van der Waals surface area contributed by atoms with Crippen LogP contribution in [0.1, 0.15) is 12.8 Å². The number of ether oxygens (including phenoxy) is 1. The van der Waals surface area contributed by atoms with E-state index in [9.17, 15) is 32.1 Å². The number of carbonyl (C=O) groups excluding carboxylic acids is 1. The monoisotopic (exact) mass is 457 g/mol. The minimum Gasteiger partial charge on any atom is -0.491 e. The quantitative estimate of drug-likeness (QED) is 0.302. The normalized spacial score (nSPS) is 11.1. The Bertz CT molecular complexity index is 1060. The second-order valence-electron chi connectivity index (χ2n) is 6.51. The average molecular weight is 457 g/mol. The molecule has 0 aliphatic carbocycles. The maximum Gasteiger partial charge on any atom is 0.293 e. The van der Waals surface area contributed by atoms with E-state index in [-0.39, 0.29) is 54.0 Å². The Balaban J connectivity index is 1.73. The van der Waals surface area contributed by atoms with Gasteiger partial charge in [0, 0.05) is 37.9 Å². The van der Waals surface area contributed by atoms with E-state index in [4.69, 9.17) is 4.74 Å². The Kier molecular flexibility index (Phi) is 8.25. The van der Waals surface area contributed by atoms with Crippen molar-refractivity contribution in [1.82, 2.24) is 5.32 Å². The van der Waals surface area contributed by atoms with E-state index in [0.717, 1.165) is 24.5 Å². The molecular weight excluding hydrogens is 436 g/mol. The maximum absolute atomic E-state index is 13.4. The van der Waals surface area contributed by atoms with Crippen molar-refractivity contribution in [1.29, 1.82) is 0 Å². The van der Waals surface area contributed by atoms with Crippen LogP contribution in [-0.4, -0.2) is 45.2 Å². The van der Waals surface area contributed by atoms with Crippen molar-refractivity contribution in [2.45, 2.75) is 17.7 Å². The molecule has 2 aromatic carbocycles. The topological polar surface area (TPSA) is 128 Å². The van der Waals surface area contributed by atoms with Crippen molar-refractivity contribution in [2.75, 3.05) is 31.3 Å². The van der Waals surface area contributed by atoms with Gasteiger partial charge in [0.2, 0.25) is 5.91 Å². The van der Waals surface area contributed by atoms with Gasteiger partial charge in [-0.05, 0) is 30.7 Å². The van der Waals surface area contributed by atoms with Crippen LogP contribution in [0.3, 0.4) is 0 Å². The highest BCUT2D eigenvalue weighted by atomic mass is 32.2. The lowest BCUT2D eigenvalue weighted by Crippen LogP contribution is -2.29. The van der Waals surface area contributed by atoms with Gasteiger partial charge in [0.25, 0.3) is 5.69 Å². The Morgan fingerprint density at radius 3 is 2.55 bits per heavy atom. The number of anilines is 1. The maximum atomic E-state index is 13.4. The van der Waals surface area contributed by atoms with Crippen LogP contribution in [0.25, 0.3) is 0 Å². The Morgan fingerprint density at radius 1 is 1.16 bits per heavy atom. The minimum atomic E-state index is -3.58. The summed E-state index contributed by atoms with van der Waals surface area (Å²) < 4.78 is 54.5. The molecule has 9 nitrogen and oxygen atoms in total. The van der Waals surface area contributed by atoms with Crippen LogP contribution in [-0.2, 0) is 14.6 Å². The van der Waals surface area contributed by atoms with E-state index >= 15 is 0 Å². The summed E-state index contributed by atoms with van der Waals surface area (Å²) >= 11 is 0. The molecule has 0 aromatic heterocycles. The van der Waals surface area contributed by atoms with Crippen molar-refractivity contribution >= 4 is 27.1 Å². The van der Waals surface area contributed by atoms with Crippen LogP contribution in [0, 0.1) is 21.7 Å². The van der Waals surface area contributed by atoms with Gasteiger partial charge in [-0.15, -0.1) is 0 Å². The van der Waals surface area contributed by atoms with Crippen molar-refractivity contribution in [3.8, 4) is 5.75 Å². The third kappa shape index (κ3) is 7.48. The summed E-state index contributed by atoms with van der Waals surface area (Å²) in [5, 5.41) is 16.6. The highest BCUT2D eigenvalue weighted by Crippen LogP contribution is 2.27. The largest absolute Gasteiger partial charge is 0.491 e. The molecule has 0 bridgehead atoms. The summed E-state index contributed by atoms with van der Waals surface area (Å²) in [6, 6.07) is 6.46. The zero-order valence-corrected chi connectivity index (χ0v) is 17.4. The molecule has 0 heterocycles. The van der Waals surface area contributed by atoms with Crippen LogP contribution in [0.15, 0.2) is 41.3 Å². The Hall–Kier alpha value is -3.28. The number of sulfone groups is 1. The molecule has 0 unspecified atom stereocenters. The standard InChI is InChI=1S/C19H21F2N3O6S/c1-31(28,29)14-5-6-16(17(12-14)24(26)27)22-8-9-23-19(25)3-2-10-30-18-7-4-13(20)11-15(18)21/h4-7,11-12,22H,2-3,8-10H2,1H3,(H,23,25). The minimum absolute atomic E-state index is 0.0626. The molecule has 2 rings (SSSR count). The molecule has 12 heteroatoms. The first-order chi connectivity index (χ1) is 14.6. The third-order valence-corrected chi connectivity index (χ3v) is 5.17.